The number of amides is 1. The molecule has 3 heterocycles. The van der Waals surface area contributed by atoms with Gasteiger partial charge in [0.15, 0.2) is 0 Å². The van der Waals surface area contributed by atoms with Gasteiger partial charge in [-0.2, -0.15) is 0 Å². The fourth-order valence-electron chi connectivity index (χ4n) is 3.80. The molecule has 0 saturated carbocycles. The average molecular weight is 309 g/mol. The quantitative estimate of drug-likeness (QED) is 0.703. The predicted octanol–water partition coefficient (Wildman–Crippen LogP) is 0.321. The van der Waals surface area contributed by atoms with Crippen molar-refractivity contribution in [3.8, 4) is 0 Å². The van der Waals surface area contributed by atoms with E-state index in [1.54, 1.807) is 0 Å². The fourth-order valence-corrected chi connectivity index (χ4v) is 3.80. The van der Waals surface area contributed by atoms with Crippen molar-refractivity contribution in [2.45, 2.75) is 44.7 Å². The summed E-state index contributed by atoms with van der Waals surface area (Å²) in [4.78, 5) is 30.6. The topological polar surface area (TPSA) is 53.1 Å². The molecule has 3 aliphatic heterocycles. The molecule has 0 aromatic heterocycles. The summed E-state index contributed by atoms with van der Waals surface area (Å²) in [6.07, 6.45) is 4.31. The van der Waals surface area contributed by atoms with Crippen molar-refractivity contribution in [3.05, 3.63) is 0 Å². The van der Waals surface area contributed by atoms with Gasteiger partial charge >= 0.3 is 5.97 Å². The van der Waals surface area contributed by atoms with Gasteiger partial charge in [0.05, 0.1) is 13.2 Å². The standard InChI is InChI=1S/C16H27N3O3/c1-13-4-2-3-6-19(13)15(20)12-17-7-9-18(10-8-17)14-5-11-22-16(14)21/h13-14H,2-12H2,1H3. The SMILES string of the molecule is CC1CCCCN1C(=O)CN1CCN(C2CCOC2=O)CC1. The first-order valence-electron chi connectivity index (χ1n) is 8.57. The van der Waals surface area contributed by atoms with Crippen molar-refractivity contribution in [1.82, 2.24) is 14.7 Å². The van der Waals surface area contributed by atoms with Gasteiger partial charge in [-0.15, -0.1) is 0 Å². The minimum absolute atomic E-state index is 0.0556. The van der Waals surface area contributed by atoms with Gasteiger partial charge in [0.1, 0.15) is 6.04 Å². The third kappa shape index (κ3) is 3.43. The molecule has 124 valence electrons. The lowest BCUT2D eigenvalue weighted by Gasteiger charge is -2.38. The summed E-state index contributed by atoms with van der Waals surface area (Å²) in [6.45, 7) is 7.55. The number of hydrogen-bond acceptors (Lipinski definition) is 5. The van der Waals surface area contributed by atoms with Gasteiger partial charge in [-0.1, -0.05) is 0 Å². The van der Waals surface area contributed by atoms with Gasteiger partial charge in [-0.25, -0.2) is 0 Å². The van der Waals surface area contributed by atoms with Crippen LogP contribution < -0.4 is 0 Å². The summed E-state index contributed by atoms with van der Waals surface area (Å²) in [7, 11) is 0. The lowest BCUT2D eigenvalue weighted by molar-refractivity contribution is -0.143. The Morgan fingerprint density at radius 1 is 1.14 bits per heavy atom. The van der Waals surface area contributed by atoms with Crippen LogP contribution in [0.25, 0.3) is 0 Å². The van der Waals surface area contributed by atoms with Crippen LogP contribution in [0.2, 0.25) is 0 Å². The van der Waals surface area contributed by atoms with E-state index in [4.69, 9.17) is 4.74 Å². The first kappa shape index (κ1) is 15.7. The number of carbonyl (C=O) groups is 2. The van der Waals surface area contributed by atoms with Gasteiger partial charge in [-0.05, 0) is 26.2 Å². The summed E-state index contributed by atoms with van der Waals surface area (Å²) in [6, 6.07) is 0.329. The van der Waals surface area contributed by atoms with Gasteiger partial charge in [0, 0.05) is 45.2 Å². The molecule has 3 rings (SSSR count). The van der Waals surface area contributed by atoms with E-state index in [2.05, 4.69) is 16.7 Å². The van der Waals surface area contributed by atoms with Crippen LogP contribution in [0.15, 0.2) is 0 Å². The molecule has 0 bridgehead atoms. The Morgan fingerprint density at radius 2 is 1.91 bits per heavy atom. The van der Waals surface area contributed by atoms with Crippen LogP contribution in [0.1, 0.15) is 32.6 Å². The Kier molecular flexibility index (Phi) is 4.98. The molecule has 6 heteroatoms. The molecule has 0 aliphatic carbocycles. The van der Waals surface area contributed by atoms with Crippen LogP contribution in [-0.4, -0.2) is 84.5 Å². The maximum Gasteiger partial charge on any atom is 0.323 e. The van der Waals surface area contributed by atoms with E-state index in [1.165, 1.54) is 6.42 Å². The van der Waals surface area contributed by atoms with E-state index >= 15 is 0 Å². The van der Waals surface area contributed by atoms with Gasteiger partial charge in [0.2, 0.25) is 5.91 Å². The number of piperazine rings is 1. The zero-order chi connectivity index (χ0) is 15.5. The molecule has 2 unspecified atom stereocenters. The lowest BCUT2D eigenvalue weighted by Crippen LogP contribution is -2.54. The number of piperidine rings is 1. The maximum atomic E-state index is 12.5. The second-order valence-electron chi connectivity index (χ2n) is 6.72. The number of hydrogen-bond donors (Lipinski definition) is 0. The number of esters is 1. The van der Waals surface area contributed by atoms with Crippen molar-refractivity contribution < 1.29 is 14.3 Å². The molecule has 0 aromatic rings. The lowest BCUT2D eigenvalue weighted by atomic mass is 10.0. The molecule has 2 atom stereocenters. The van der Waals surface area contributed by atoms with E-state index in [9.17, 15) is 9.59 Å². The first-order chi connectivity index (χ1) is 10.6. The zero-order valence-corrected chi connectivity index (χ0v) is 13.5. The van der Waals surface area contributed by atoms with Crippen LogP contribution in [0.5, 0.6) is 0 Å². The van der Waals surface area contributed by atoms with Crippen molar-refractivity contribution >= 4 is 11.9 Å². The van der Waals surface area contributed by atoms with Gasteiger partial charge < -0.3 is 9.64 Å². The average Bonchev–Trinajstić information content (AvgIpc) is 2.94. The molecule has 0 aromatic carbocycles. The van der Waals surface area contributed by atoms with E-state index in [0.29, 0.717) is 19.2 Å². The number of nitrogens with zero attached hydrogens (tertiary/aromatic N) is 3. The zero-order valence-electron chi connectivity index (χ0n) is 13.5. The monoisotopic (exact) mass is 309 g/mol. The highest BCUT2D eigenvalue weighted by Gasteiger charge is 2.34. The van der Waals surface area contributed by atoms with Crippen molar-refractivity contribution in [1.29, 1.82) is 0 Å². The van der Waals surface area contributed by atoms with Crippen LogP contribution in [0.4, 0.5) is 0 Å². The van der Waals surface area contributed by atoms with Crippen molar-refractivity contribution in [2.24, 2.45) is 0 Å². The number of likely N-dealkylation sites (tertiary alicyclic amines) is 1. The summed E-state index contributed by atoms with van der Waals surface area (Å²) in [5.74, 6) is 0.188. The highest BCUT2D eigenvalue weighted by atomic mass is 16.5. The molecule has 1 amide bonds. The molecule has 3 saturated heterocycles. The molecular weight excluding hydrogens is 282 g/mol. The molecular formula is C16H27N3O3. The summed E-state index contributed by atoms with van der Waals surface area (Å²) in [5.41, 5.74) is 0. The molecule has 0 spiro atoms. The van der Waals surface area contributed by atoms with Crippen LogP contribution >= 0.6 is 0 Å². The minimum Gasteiger partial charge on any atom is -0.464 e. The molecule has 3 aliphatic rings. The predicted molar refractivity (Wildman–Crippen MR) is 82.4 cm³/mol. The molecule has 0 radical (unpaired) electrons. The normalized spacial score (nSPS) is 31.3. The molecule has 6 nitrogen and oxygen atoms in total. The summed E-state index contributed by atoms with van der Waals surface area (Å²) in [5, 5.41) is 0. The second-order valence-corrected chi connectivity index (χ2v) is 6.72. The Morgan fingerprint density at radius 3 is 2.55 bits per heavy atom. The van der Waals surface area contributed by atoms with E-state index < -0.39 is 0 Å². The molecule has 0 N–H and O–H groups in total. The third-order valence-corrected chi connectivity index (χ3v) is 5.24. The van der Waals surface area contributed by atoms with E-state index in [0.717, 1.165) is 52.0 Å². The fraction of sp³-hybridized carbons (Fsp3) is 0.875. The van der Waals surface area contributed by atoms with Gasteiger partial charge in [-0.3, -0.25) is 19.4 Å². The van der Waals surface area contributed by atoms with Crippen molar-refractivity contribution in [2.75, 3.05) is 45.9 Å². The summed E-state index contributed by atoms with van der Waals surface area (Å²) < 4.78 is 5.05. The van der Waals surface area contributed by atoms with E-state index in [1.807, 2.05) is 4.90 Å². The number of cyclic esters (lactones) is 1. The largest absolute Gasteiger partial charge is 0.464 e. The van der Waals surface area contributed by atoms with Gasteiger partial charge in [0.25, 0.3) is 0 Å². The Hall–Kier alpha value is -1.14. The maximum absolute atomic E-state index is 12.5. The molecule has 3 fully saturated rings. The highest BCUT2D eigenvalue weighted by molar-refractivity contribution is 5.79. The third-order valence-electron chi connectivity index (χ3n) is 5.24. The number of ether oxygens (including phenoxy) is 1. The van der Waals surface area contributed by atoms with Crippen LogP contribution in [-0.2, 0) is 14.3 Å². The first-order valence-corrected chi connectivity index (χ1v) is 8.57. The number of rotatable bonds is 3. The minimum atomic E-state index is -0.0772. The van der Waals surface area contributed by atoms with Crippen molar-refractivity contribution in [3.63, 3.8) is 0 Å². The van der Waals surface area contributed by atoms with E-state index in [-0.39, 0.29) is 17.9 Å². The Labute approximate surface area is 132 Å². The Bertz CT molecular complexity index is 421. The number of carbonyl (C=O) groups excluding carboxylic acids is 2. The summed E-state index contributed by atoms with van der Waals surface area (Å²) >= 11 is 0. The molecule has 22 heavy (non-hydrogen) atoms. The highest BCUT2D eigenvalue weighted by Crippen LogP contribution is 2.18. The smallest absolute Gasteiger partial charge is 0.323 e. The van der Waals surface area contributed by atoms with Crippen LogP contribution in [0.3, 0.4) is 0 Å². The van der Waals surface area contributed by atoms with Crippen LogP contribution in [0, 0.1) is 0 Å². The second kappa shape index (κ2) is 6.96. The Balaban J connectivity index is 1.45.